The maximum absolute atomic E-state index is 13.0. The van der Waals surface area contributed by atoms with Crippen molar-refractivity contribution in [2.45, 2.75) is 13.3 Å². The molecule has 0 spiro atoms. The third-order valence-electron chi connectivity index (χ3n) is 2.39. The number of rotatable bonds is 2. The largest absolute Gasteiger partial charge is 0.232 e. The van der Waals surface area contributed by atoms with Gasteiger partial charge in [0.1, 0.15) is 11.0 Å². The molecule has 0 aliphatic rings. The lowest BCUT2D eigenvalue weighted by Gasteiger charge is -2.08. The van der Waals surface area contributed by atoms with Gasteiger partial charge in [-0.3, -0.25) is 0 Å². The predicted octanol–water partition coefficient (Wildman–Crippen LogP) is 4.76. The highest BCUT2D eigenvalue weighted by Gasteiger charge is 2.13. The number of nitrogens with zero attached hydrogens (tertiary/aromatic N) is 2. The zero-order valence-corrected chi connectivity index (χ0v) is 13.0. The molecule has 6 heteroatoms. The van der Waals surface area contributed by atoms with Gasteiger partial charge in [-0.2, -0.15) is 0 Å². The standard InChI is InChI=1S/C12H8Cl2FIN2/c1-2-9-10(16)11(14)18-12(17-9)7-4-3-6(15)5-8(7)13/h3-5H,2H2,1H3. The van der Waals surface area contributed by atoms with Gasteiger partial charge in [0.15, 0.2) is 5.82 Å². The average molecular weight is 397 g/mol. The van der Waals surface area contributed by atoms with Crippen LogP contribution in [-0.2, 0) is 6.42 Å². The van der Waals surface area contributed by atoms with Crippen LogP contribution in [0.3, 0.4) is 0 Å². The Hall–Kier alpha value is -0.460. The Labute approximate surface area is 128 Å². The van der Waals surface area contributed by atoms with Crippen LogP contribution in [-0.4, -0.2) is 9.97 Å². The number of benzene rings is 1. The van der Waals surface area contributed by atoms with E-state index < -0.39 is 5.82 Å². The van der Waals surface area contributed by atoms with Crippen LogP contribution in [0, 0.1) is 9.39 Å². The summed E-state index contributed by atoms with van der Waals surface area (Å²) in [7, 11) is 0. The lowest BCUT2D eigenvalue weighted by atomic mass is 10.2. The zero-order chi connectivity index (χ0) is 13.3. The molecule has 0 bridgehead atoms. The predicted molar refractivity (Wildman–Crippen MR) is 79.5 cm³/mol. The summed E-state index contributed by atoms with van der Waals surface area (Å²) >= 11 is 14.1. The van der Waals surface area contributed by atoms with E-state index in [1.54, 1.807) is 6.07 Å². The summed E-state index contributed by atoms with van der Waals surface area (Å²) in [5.41, 5.74) is 1.43. The van der Waals surface area contributed by atoms with Gasteiger partial charge in [0, 0.05) is 5.56 Å². The number of aryl methyl sites for hydroxylation is 1. The first kappa shape index (κ1) is 14.0. The minimum atomic E-state index is -0.393. The van der Waals surface area contributed by atoms with Crippen molar-refractivity contribution in [1.29, 1.82) is 0 Å². The summed E-state index contributed by atoms with van der Waals surface area (Å²) in [5.74, 6) is 0.0262. The average Bonchev–Trinajstić information content (AvgIpc) is 2.32. The molecule has 0 fully saturated rings. The van der Waals surface area contributed by atoms with Gasteiger partial charge in [0.25, 0.3) is 0 Å². The fraction of sp³-hybridized carbons (Fsp3) is 0.167. The van der Waals surface area contributed by atoms with Crippen molar-refractivity contribution in [1.82, 2.24) is 9.97 Å². The molecular formula is C12H8Cl2FIN2. The van der Waals surface area contributed by atoms with Gasteiger partial charge in [0.2, 0.25) is 0 Å². The van der Waals surface area contributed by atoms with Crippen LogP contribution < -0.4 is 0 Å². The fourth-order valence-electron chi connectivity index (χ4n) is 1.49. The molecule has 0 aliphatic carbocycles. The molecule has 2 nitrogen and oxygen atoms in total. The molecule has 1 heterocycles. The quantitative estimate of drug-likeness (QED) is 0.540. The van der Waals surface area contributed by atoms with Crippen LogP contribution in [0.25, 0.3) is 11.4 Å². The van der Waals surface area contributed by atoms with E-state index >= 15 is 0 Å². The van der Waals surface area contributed by atoms with Crippen molar-refractivity contribution < 1.29 is 4.39 Å². The van der Waals surface area contributed by atoms with Crippen molar-refractivity contribution in [3.05, 3.63) is 43.5 Å². The number of aromatic nitrogens is 2. The van der Waals surface area contributed by atoms with Crippen molar-refractivity contribution >= 4 is 45.8 Å². The monoisotopic (exact) mass is 396 g/mol. The normalized spacial score (nSPS) is 10.7. The van der Waals surface area contributed by atoms with E-state index in [4.69, 9.17) is 23.2 Å². The van der Waals surface area contributed by atoms with E-state index in [0.717, 1.165) is 15.7 Å². The third-order valence-corrected chi connectivity index (χ3v) is 4.42. The van der Waals surface area contributed by atoms with E-state index in [9.17, 15) is 4.39 Å². The summed E-state index contributed by atoms with van der Waals surface area (Å²) in [6, 6.07) is 4.11. The molecule has 0 atom stereocenters. The highest BCUT2D eigenvalue weighted by Crippen LogP contribution is 2.29. The van der Waals surface area contributed by atoms with E-state index in [1.807, 2.05) is 6.92 Å². The molecule has 0 radical (unpaired) electrons. The van der Waals surface area contributed by atoms with Crippen LogP contribution in [0.1, 0.15) is 12.6 Å². The summed E-state index contributed by atoms with van der Waals surface area (Å²) in [4.78, 5) is 8.58. The Morgan fingerprint density at radius 3 is 2.61 bits per heavy atom. The Kier molecular flexibility index (Phi) is 4.40. The highest BCUT2D eigenvalue weighted by atomic mass is 127. The van der Waals surface area contributed by atoms with E-state index in [0.29, 0.717) is 16.5 Å². The number of hydrogen-bond donors (Lipinski definition) is 0. The van der Waals surface area contributed by atoms with Gasteiger partial charge < -0.3 is 0 Å². The Morgan fingerprint density at radius 2 is 2.00 bits per heavy atom. The van der Waals surface area contributed by atoms with Crippen molar-refractivity contribution in [3.8, 4) is 11.4 Å². The van der Waals surface area contributed by atoms with E-state index in [-0.39, 0.29) is 5.02 Å². The van der Waals surface area contributed by atoms with Crippen LogP contribution in [0.2, 0.25) is 10.2 Å². The van der Waals surface area contributed by atoms with Crippen molar-refractivity contribution in [2.75, 3.05) is 0 Å². The second kappa shape index (κ2) is 5.67. The molecule has 0 amide bonds. The molecule has 0 aliphatic heterocycles. The van der Waals surface area contributed by atoms with Gasteiger partial charge in [-0.25, -0.2) is 14.4 Å². The van der Waals surface area contributed by atoms with Gasteiger partial charge >= 0.3 is 0 Å². The molecule has 2 aromatic rings. The van der Waals surface area contributed by atoms with Crippen molar-refractivity contribution in [3.63, 3.8) is 0 Å². The lowest BCUT2D eigenvalue weighted by molar-refractivity contribution is 0.628. The molecule has 2 rings (SSSR count). The van der Waals surface area contributed by atoms with Gasteiger partial charge in [-0.15, -0.1) is 0 Å². The van der Waals surface area contributed by atoms with Crippen LogP contribution in [0.4, 0.5) is 4.39 Å². The van der Waals surface area contributed by atoms with Crippen LogP contribution in [0.15, 0.2) is 18.2 Å². The molecule has 0 saturated heterocycles. The number of hydrogen-bond acceptors (Lipinski definition) is 2. The smallest absolute Gasteiger partial charge is 0.162 e. The van der Waals surface area contributed by atoms with E-state index in [1.165, 1.54) is 12.1 Å². The van der Waals surface area contributed by atoms with Gasteiger partial charge in [0.05, 0.1) is 14.3 Å². The zero-order valence-electron chi connectivity index (χ0n) is 9.35. The van der Waals surface area contributed by atoms with Gasteiger partial charge in [-0.05, 0) is 47.2 Å². The minimum absolute atomic E-state index is 0.273. The summed E-state index contributed by atoms with van der Waals surface area (Å²) in [6.07, 6.45) is 0.742. The summed E-state index contributed by atoms with van der Waals surface area (Å²) in [5, 5.41) is 0.659. The SMILES string of the molecule is CCc1nc(-c2ccc(F)cc2Cl)nc(Cl)c1I. The lowest BCUT2D eigenvalue weighted by Crippen LogP contribution is -2.00. The van der Waals surface area contributed by atoms with Crippen LogP contribution >= 0.6 is 45.8 Å². The Bertz CT molecular complexity index is 605. The third kappa shape index (κ3) is 2.75. The molecule has 0 saturated carbocycles. The molecule has 1 aromatic carbocycles. The highest BCUT2D eigenvalue weighted by molar-refractivity contribution is 14.1. The molecule has 18 heavy (non-hydrogen) atoms. The first-order valence-corrected chi connectivity index (χ1v) is 7.03. The second-order valence-electron chi connectivity index (χ2n) is 3.58. The first-order valence-electron chi connectivity index (χ1n) is 5.20. The minimum Gasteiger partial charge on any atom is -0.232 e. The number of halogens is 4. The summed E-state index contributed by atoms with van der Waals surface area (Å²) < 4.78 is 13.8. The molecule has 1 aromatic heterocycles. The molecule has 0 unspecified atom stereocenters. The molecular weight excluding hydrogens is 389 g/mol. The maximum atomic E-state index is 13.0. The Balaban J connectivity index is 2.60. The molecule has 0 N–H and O–H groups in total. The topological polar surface area (TPSA) is 25.8 Å². The Morgan fingerprint density at radius 1 is 1.28 bits per heavy atom. The second-order valence-corrected chi connectivity index (χ2v) is 5.42. The van der Waals surface area contributed by atoms with Crippen molar-refractivity contribution in [2.24, 2.45) is 0 Å². The van der Waals surface area contributed by atoms with E-state index in [2.05, 4.69) is 32.6 Å². The first-order chi connectivity index (χ1) is 8.52. The maximum Gasteiger partial charge on any atom is 0.162 e. The fourth-order valence-corrected chi connectivity index (χ4v) is 2.55. The van der Waals surface area contributed by atoms with Gasteiger partial charge in [-0.1, -0.05) is 30.1 Å². The molecule has 94 valence electrons. The summed E-state index contributed by atoms with van der Waals surface area (Å²) in [6.45, 7) is 1.98. The van der Waals surface area contributed by atoms with Crippen LogP contribution in [0.5, 0.6) is 0 Å².